The molecule has 0 bridgehead atoms. The largest absolute Gasteiger partial charge is 0.347 e. The van der Waals surface area contributed by atoms with Crippen LogP contribution in [0.15, 0.2) is 48.5 Å². The zero-order chi connectivity index (χ0) is 20.3. The van der Waals surface area contributed by atoms with Gasteiger partial charge in [-0.25, -0.2) is 4.98 Å². The molecule has 0 radical (unpaired) electrons. The smallest absolute Gasteiger partial charge is 0.251 e. The van der Waals surface area contributed by atoms with E-state index in [1.165, 1.54) is 0 Å². The van der Waals surface area contributed by atoms with Crippen molar-refractivity contribution in [3.63, 3.8) is 0 Å². The molecule has 0 saturated carbocycles. The number of carbonyl (C=O) groups excluding carboxylic acids is 2. The van der Waals surface area contributed by atoms with Gasteiger partial charge in [0.1, 0.15) is 11.9 Å². The minimum absolute atomic E-state index is 0.0470. The van der Waals surface area contributed by atoms with Crippen LogP contribution in [0, 0.1) is 12.8 Å². The SMILES string of the molecule is Cc1cccc(C(=O)NC(C(=O)NCc2nc3ccccc3n2C)C(C)C)c1. The molecule has 2 N–H and O–H groups in total. The fourth-order valence-electron chi connectivity index (χ4n) is 3.18. The van der Waals surface area contributed by atoms with Gasteiger partial charge >= 0.3 is 0 Å². The molecule has 146 valence electrons. The van der Waals surface area contributed by atoms with Crippen LogP contribution < -0.4 is 10.6 Å². The van der Waals surface area contributed by atoms with Crippen molar-refractivity contribution in [2.45, 2.75) is 33.4 Å². The molecule has 0 aliphatic carbocycles. The molecule has 0 aliphatic heterocycles. The summed E-state index contributed by atoms with van der Waals surface area (Å²) in [4.78, 5) is 29.9. The number of amides is 2. The third kappa shape index (κ3) is 4.22. The number of benzene rings is 2. The number of aromatic nitrogens is 2. The van der Waals surface area contributed by atoms with Gasteiger partial charge in [0, 0.05) is 12.6 Å². The molecule has 0 aliphatic rings. The molecule has 3 rings (SSSR count). The fourth-order valence-corrected chi connectivity index (χ4v) is 3.18. The zero-order valence-corrected chi connectivity index (χ0v) is 16.7. The van der Waals surface area contributed by atoms with Gasteiger partial charge in [-0.3, -0.25) is 9.59 Å². The fraction of sp³-hybridized carbons (Fsp3) is 0.318. The van der Waals surface area contributed by atoms with Crippen molar-refractivity contribution < 1.29 is 9.59 Å². The van der Waals surface area contributed by atoms with E-state index in [2.05, 4.69) is 15.6 Å². The van der Waals surface area contributed by atoms with Gasteiger partial charge in [0.25, 0.3) is 5.91 Å². The molecule has 1 heterocycles. The zero-order valence-electron chi connectivity index (χ0n) is 16.7. The lowest BCUT2D eigenvalue weighted by atomic mass is 10.0. The Bertz CT molecular complexity index is 1010. The van der Waals surface area contributed by atoms with Crippen LogP contribution in [0.2, 0.25) is 0 Å². The van der Waals surface area contributed by atoms with Crippen LogP contribution in [0.5, 0.6) is 0 Å². The Labute approximate surface area is 165 Å². The number of para-hydroxylation sites is 2. The van der Waals surface area contributed by atoms with Crippen molar-refractivity contribution >= 4 is 22.8 Å². The first-order valence-corrected chi connectivity index (χ1v) is 9.42. The second-order valence-electron chi connectivity index (χ2n) is 7.36. The molecule has 2 amide bonds. The Kier molecular flexibility index (Phi) is 5.78. The molecule has 6 heteroatoms. The van der Waals surface area contributed by atoms with Crippen LogP contribution in [0.3, 0.4) is 0 Å². The Hall–Kier alpha value is -3.15. The first-order chi connectivity index (χ1) is 13.4. The van der Waals surface area contributed by atoms with Crippen LogP contribution in [-0.2, 0) is 18.4 Å². The Balaban J connectivity index is 1.69. The van der Waals surface area contributed by atoms with E-state index in [9.17, 15) is 9.59 Å². The van der Waals surface area contributed by atoms with Gasteiger partial charge in [-0.15, -0.1) is 0 Å². The second-order valence-corrected chi connectivity index (χ2v) is 7.36. The van der Waals surface area contributed by atoms with Crippen molar-refractivity contribution in [1.82, 2.24) is 20.2 Å². The van der Waals surface area contributed by atoms with Crippen molar-refractivity contribution in [2.75, 3.05) is 0 Å². The molecule has 1 aromatic heterocycles. The van der Waals surface area contributed by atoms with Crippen molar-refractivity contribution in [1.29, 1.82) is 0 Å². The number of carbonyl (C=O) groups is 2. The molecule has 0 spiro atoms. The summed E-state index contributed by atoms with van der Waals surface area (Å²) in [6.45, 7) is 6.06. The third-order valence-electron chi connectivity index (χ3n) is 4.82. The molecule has 28 heavy (non-hydrogen) atoms. The summed E-state index contributed by atoms with van der Waals surface area (Å²) in [5, 5.41) is 5.77. The molecule has 0 fully saturated rings. The number of rotatable bonds is 6. The summed E-state index contributed by atoms with van der Waals surface area (Å²) >= 11 is 0. The molecule has 0 saturated heterocycles. The maximum absolute atomic E-state index is 12.8. The third-order valence-corrected chi connectivity index (χ3v) is 4.82. The lowest BCUT2D eigenvalue weighted by Crippen LogP contribution is -2.49. The molecule has 3 aromatic rings. The number of nitrogens with one attached hydrogen (secondary N) is 2. The monoisotopic (exact) mass is 378 g/mol. The molecule has 2 aromatic carbocycles. The first kappa shape index (κ1) is 19.6. The average molecular weight is 378 g/mol. The van der Waals surface area contributed by atoms with Crippen molar-refractivity contribution in [2.24, 2.45) is 13.0 Å². The minimum atomic E-state index is -0.623. The van der Waals surface area contributed by atoms with Crippen LogP contribution in [0.1, 0.15) is 35.6 Å². The molecule has 1 atom stereocenters. The molecular weight excluding hydrogens is 352 g/mol. The highest BCUT2D eigenvalue weighted by molar-refractivity contribution is 5.97. The topological polar surface area (TPSA) is 76.0 Å². The van der Waals surface area contributed by atoms with Gasteiger partial charge in [0.05, 0.1) is 17.6 Å². The minimum Gasteiger partial charge on any atom is -0.347 e. The number of hydrogen-bond donors (Lipinski definition) is 2. The van der Waals surface area contributed by atoms with Gasteiger partial charge in [0.2, 0.25) is 5.91 Å². The number of fused-ring (bicyclic) bond motifs is 1. The van der Waals surface area contributed by atoms with E-state index in [4.69, 9.17) is 0 Å². The second kappa shape index (κ2) is 8.25. The van der Waals surface area contributed by atoms with Gasteiger partial charge < -0.3 is 15.2 Å². The quantitative estimate of drug-likeness (QED) is 0.692. The Morgan fingerprint density at radius 3 is 2.54 bits per heavy atom. The van der Waals surface area contributed by atoms with Gasteiger partial charge in [-0.05, 0) is 37.1 Å². The first-order valence-electron chi connectivity index (χ1n) is 9.42. The highest BCUT2D eigenvalue weighted by atomic mass is 16.2. The number of aryl methyl sites for hydroxylation is 2. The predicted molar refractivity (Wildman–Crippen MR) is 110 cm³/mol. The van der Waals surface area contributed by atoms with Gasteiger partial charge in [-0.1, -0.05) is 43.7 Å². The molecule has 6 nitrogen and oxygen atoms in total. The van der Waals surface area contributed by atoms with Gasteiger partial charge in [0.15, 0.2) is 0 Å². The summed E-state index contributed by atoms with van der Waals surface area (Å²) in [5.74, 6) is 0.250. The van der Waals surface area contributed by atoms with Crippen LogP contribution >= 0.6 is 0 Å². The van der Waals surface area contributed by atoms with Crippen molar-refractivity contribution in [3.8, 4) is 0 Å². The van der Waals surface area contributed by atoms with Crippen molar-refractivity contribution in [3.05, 3.63) is 65.5 Å². The normalized spacial score (nSPS) is 12.2. The number of nitrogens with zero attached hydrogens (tertiary/aromatic N) is 2. The highest BCUT2D eigenvalue weighted by Gasteiger charge is 2.25. The summed E-state index contributed by atoms with van der Waals surface area (Å²) in [5.41, 5.74) is 3.45. The van der Waals surface area contributed by atoms with E-state index >= 15 is 0 Å². The van der Waals surface area contributed by atoms with Crippen LogP contribution in [-0.4, -0.2) is 27.4 Å². The number of imidazole rings is 1. The average Bonchev–Trinajstić information content (AvgIpc) is 3.00. The summed E-state index contributed by atoms with van der Waals surface area (Å²) in [6.07, 6.45) is 0. The van der Waals surface area contributed by atoms with E-state index in [0.29, 0.717) is 12.1 Å². The van der Waals surface area contributed by atoms with E-state index in [-0.39, 0.29) is 17.7 Å². The van der Waals surface area contributed by atoms with E-state index in [1.54, 1.807) is 6.07 Å². The predicted octanol–water partition coefficient (Wildman–Crippen LogP) is 2.95. The highest BCUT2D eigenvalue weighted by Crippen LogP contribution is 2.14. The summed E-state index contributed by atoms with van der Waals surface area (Å²) < 4.78 is 1.96. The molecular formula is C22H26N4O2. The summed E-state index contributed by atoms with van der Waals surface area (Å²) in [6, 6.07) is 14.5. The van der Waals surface area contributed by atoms with Gasteiger partial charge in [-0.2, -0.15) is 0 Å². The summed E-state index contributed by atoms with van der Waals surface area (Å²) in [7, 11) is 1.93. The number of hydrogen-bond acceptors (Lipinski definition) is 3. The van der Waals surface area contributed by atoms with Crippen LogP contribution in [0.25, 0.3) is 11.0 Å². The Morgan fingerprint density at radius 1 is 1.11 bits per heavy atom. The maximum Gasteiger partial charge on any atom is 0.251 e. The van der Waals surface area contributed by atoms with E-state index in [0.717, 1.165) is 22.4 Å². The van der Waals surface area contributed by atoms with Crippen LogP contribution in [0.4, 0.5) is 0 Å². The lowest BCUT2D eigenvalue weighted by Gasteiger charge is -2.21. The Morgan fingerprint density at radius 2 is 1.86 bits per heavy atom. The standard InChI is InChI=1S/C22H26N4O2/c1-14(2)20(25-21(27)16-9-7-8-15(3)12-16)22(28)23-13-19-24-17-10-5-6-11-18(17)26(19)4/h5-12,14,20H,13H2,1-4H3,(H,23,28)(H,25,27). The maximum atomic E-state index is 12.8. The lowest BCUT2D eigenvalue weighted by molar-refractivity contribution is -0.124. The molecule has 1 unspecified atom stereocenters. The van der Waals surface area contributed by atoms with E-state index in [1.807, 2.05) is 74.9 Å². The van der Waals surface area contributed by atoms with E-state index < -0.39 is 6.04 Å².